The van der Waals surface area contributed by atoms with Crippen LogP contribution in [-0.4, -0.2) is 34.7 Å². The molecule has 4 rings (SSSR count). The average Bonchev–Trinajstić information content (AvgIpc) is 2.80. The minimum Gasteiger partial charge on any atom is -0.380 e. The molecule has 1 fully saturated rings. The van der Waals surface area contributed by atoms with E-state index in [4.69, 9.17) is 4.74 Å². The normalized spacial score (nSPS) is 16.8. The van der Waals surface area contributed by atoms with Gasteiger partial charge in [-0.15, -0.1) is 0 Å². The minimum atomic E-state index is -3.65. The highest BCUT2D eigenvalue weighted by Crippen LogP contribution is 2.26. The highest BCUT2D eigenvalue weighted by Gasteiger charge is 2.20. The Morgan fingerprint density at radius 3 is 2.13 bits per heavy atom. The van der Waals surface area contributed by atoms with E-state index >= 15 is 0 Å². The van der Waals surface area contributed by atoms with E-state index in [1.54, 1.807) is 19.2 Å². The Balaban J connectivity index is 1.45. The van der Waals surface area contributed by atoms with E-state index in [0.29, 0.717) is 5.69 Å². The molecule has 0 aliphatic carbocycles. The van der Waals surface area contributed by atoms with Crippen molar-refractivity contribution < 1.29 is 13.2 Å². The van der Waals surface area contributed by atoms with Crippen LogP contribution < -0.4 is 9.62 Å². The summed E-state index contributed by atoms with van der Waals surface area (Å²) in [5, 5.41) is 0. The fourth-order valence-electron chi connectivity index (χ4n) is 3.89. The van der Waals surface area contributed by atoms with Crippen LogP contribution in [0, 0.1) is 6.92 Å². The Bertz CT molecular complexity index is 1110. The molecular formula is C25H28N2O3S. The van der Waals surface area contributed by atoms with Crippen molar-refractivity contribution in [3.8, 4) is 11.1 Å². The summed E-state index contributed by atoms with van der Waals surface area (Å²) in [6.07, 6.45) is 2.41. The van der Waals surface area contributed by atoms with Crippen molar-refractivity contribution in [2.75, 3.05) is 29.8 Å². The molecule has 0 radical (unpaired) electrons. The largest absolute Gasteiger partial charge is 0.380 e. The number of hydrogen-bond acceptors (Lipinski definition) is 4. The number of rotatable bonds is 6. The third-order valence-corrected chi connectivity index (χ3v) is 7.14. The van der Waals surface area contributed by atoms with E-state index in [9.17, 15) is 8.42 Å². The van der Waals surface area contributed by atoms with Crippen molar-refractivity contribution in [2.24, 2.45) is 0 Å². The van der Waals surface area contributed by atoms with Gasteiger partial charge in [-0.05, 0) is 67.3 Å². The van der Waals surface area contributed by atoms with Crippen molar-refractivity contribution in [1.82, 2.24) is 0 Å². The van der Waals surface area contributed by atoms with Crippen LogP contribution in [0.25, 0.3) is 11.1 Å². The lowest BCUT2D eigenvalue weighted by Crippen LogP contribution is -2.39. The van der Waals surface area contributed by atoms with Gasteiger partial charge in [0.2, 0.25) is 0 Å². The van der Waals surface area contributed by atoms with Gasteiger partial charge in [0.25, 0.3) is 10.0 Å². The molecule has 31 heavy (non-hydrogen) atoms. The van der Waals surface area contributed by atoms with Crippen LogP contribution in [0.5, 0.6) is 0 Å². The number of aryl methyl sites for hydroxylation is 1. The summed E-state index contributed by atoms with van der Waals surface area (Å²) in [6.45, 7) is 3.88. The van der Waals surface area contributed by atoms with Crippen LogP contribution >= 0.6 is 0 Å². The molecule has 1 atom stereocenters. The van der Waals surface area contributed by atoms with Gasteiger partial charge in [-0.1, -0.05) is 42.0 Å². The fourth-order valence-corrected chi connectivity index (χ4v) is 4.95. The molecule has 0 saturated carbocycles. The summed E-state index contributed by atoms with van der Waals surface area (Å²) in [5.74, 6) is 0. The van der Waals surface area contributed by atoms with Gasteiger partial charge in [0.1, 0.15) is 0 Å². The van der Waals surface area contributed by atoms with Crippen LogP contribution in [0.2, 0.25) is 0 Å². The minimum absolute atomic E-state index is 0.242. The molecule has 1 unspecified atom stereocenters. The summed E-state index contributed by atoms with van der Waals surface area (Å²) < 4.78 is 33.8. The van der Waals surface area contributed by atoms with Crippen LogP contribution in [0.4, 0.5) is 11.4 Å². The molecule has 1 aliphatic heterocycles. The number of piperidine rings is 1. The quantitative estimate of drug-likeness (QED) is 0.586. The molecule has 162 valence electrons. The lowest BCUT2D eigenvalue weighted by molar-refractivity contribution is 0.0893. The zero-order valence-corrected chi connectivity index (χ0v) is 18.7. The second-order valence-corrected chi connectivity index (χ2v) is 9.67. The maximum absolute atomic E-state index is 12.8. The molecular weight excluding hydrogens is 408 g/mol. The zero-order chi connectivity index (χ0) is 21.8. The number of nitrogens with one attached hydrogen (secondary N) is 1. The Labute approximate surface area is 184 Å². The molecule has 3 aromatic carbocycles. The summed E-state index contributed by atoms with van der Waals surface area (Å²) in [6, 6.07) is 22.7. The van der Waals surface area contributed by atoms with Gasteiger partial charge in [0.05, 0.1) is 11.0 Å². The monoisotopic (exact) mass is 436 g/mol. The maximum Gasteiger partial charge on any atom is 0.261 e. The second-order valence-electron chi connectivity index (χ2n) is 7.99. The van der Waals surface area contributed by atoms with E-state index in [0.717, 1.165) is 42.7 Å². The molecule has 3 aromatic rings. The van der Waals surface area contributed by atoms with Gasteiger partial charge in [0, 0.05) is 31.6 Å². The van der Waals surface area contributed by atoms with Crippen molar-refractivity contribution >= 4 is 21.4 Å². The van der Waals surface area contributed by atoms with Crippen LogP contribution in [0.3, 0.4) is 0 Å². The fraction of sp³-hybridized carbons (Fsp3) is 0.280. The van der Waals surface area contributed by atoms with E-state index in [1.165, 1.54) is 5.56 Å². The molecule has 5 nitrogen and oxygen atoms in total. The maximum atomic E-state index is 12.8. The van der Waals surface area contributed by atoms with Gasteiger partial charge < -0.3 is 9.64 Å². The predicted molar refractivity (Wildman–Crippen MR) is 126 cm³/mol. The molecule has 1 heterocycles. The van der Waals surface area contributed by atoms with Crippen molar-refractivity contribution in [3.05, 3.63) is 78.4 Å². The first-order valence-corrected chi connectivity index (χ1v) is 12.0. The lowest BCUT2D eigenvalue weighted by Gasteiger charge is -2.33. The molecule has 1 aliphatic rings. The zero-order valence-electron chi connectivity index (χ0n) is 17.9. The Morgan fingerprint density at radius 2 is 1.52 bits per heavy atom. The molecule has 0 bridgehead atoms. The molecule has 0 amide bonds. The topological polar surface area (TPSA) is 58.6 Å². The first-order valence-electron chi connectivity index (χ1n) is 10.5. The number of sulfonamides is 1. The van der Waals surface area contributed by atoms with Crippen molar-refractivity contribution in [1.29, 1.82) is 0 Å². The summed E-state index contributed by atoms with van der Waals surface area (Å²) >= 11 is 0. The van der Waals surface area contributed by atoms with E-state index < -0.39 is 10.0 Å². The summed E-state index contributed by atoms with van der Waals surface area (Å²) in [5.41, 5.74) is 4.86. The Hall–Kier alpha value is -2.83. The second kappa shape index (κ2) is 9.12. The standard InChI is InChI=1S/C25H28N2O3S/c1-19-5-7-20(8-6-19)21-9-15-25(16-10-21)31(28,29)26-22-11-13-23(14-12-22)27-17-3-4-24(18-27)30-2/h5-16,24,26H,3-4,17-18H2,1-2H3. The number of methoxy groups -OCH3 is 1. The number of hydrogen-bond donors (Lipinski definition) is 1. The lowest BCUT2D eigenvalue weighted by atomic mass is 10.0. The Kier molecular flexibility index (Phi) is 6.30. The average molecular weight is 437 g/mol. The molecule has 0 spiro atoms. The first-order chi connectivity index (χ1) is 14.9. The van der Waals surface area contributed by atoms with Crippen LogP contribution in [-0.2, 0) is 14.8 Å². The van der Waals surface area contributed by atoms with Gasteiger partial charge in [0.15, 0.2) is 0 Å². The first kappa shape index (κ1) is 21.4. The number of benzene rings is 3. The van der Waals surface area contributed by atoms with Gasteiger partial charge in [-0.3, -0.25) is 4.72 Å². The number of nitrogens with zero attached hydrogens (tertiary/aromatic N) is 1. The van der Waals surface area contributed by atoms with Gasteiger partial charge in [-0.2, -0.15) is 0 Å². The number of ether oxygens (including phenoxy) is 1. The van der Waals surface area contributed by atoms with E-state index in [-0.39, 0.29) is 11.0 Å². The SMILES string of the molecule is COC1CCCN(c2ccc(NS(=O)(=O)c3ccc(-c4ccc(C)cc4)cc3)cc2)C1. The smallest absolute Gasteiger partial charge is 0.261 e. The Morgan fingerprint density at radius 1 is 0.903 bits per heavy atom. The van der Waals surface area contributed by atoms with Crippen molar-refractivity contribution in [3.63, 3.8) is 0 Å². The van der Waals surface area contributed by atoms with Crippen LogP contribution in [0.15, 0.2) is 77.7 Å². The molecule has 1 saturated heterocycles. The third kappa shape index (κ3) is 5.09. The third-order valence-electron chi connectivity index (χ3n) is 5.75. The van der Waals surface area contributed by atoms with E-state index in [1.807, 2.05) is 67.6 Å². The highest BCUT2D eigenvalue weighted by atomic mass is 32.2. The van der Waals surface area contributed by atoms with Crippen molar-refractivity contribution in [2.45, 2.75) is 30.8 Å². The van der Waals surface area contributed by atoms with Crippen LogP contribution in [0.1, 0.15) is 18.4 Å². The highest BCUT2D eigenvalue weighted by molar-refractivity contribution is 7.92. The van der Waals surface area contributed by atoms with Gasteiger partial charge in [-0.25, -0.2) is 8.42 Å². The molecule has 0 aromatic heterocycles. The summed E-state index contributed by atoms with van der Waals surface area (Å²) in [7, 11) is -1.90. The molecule has 6 heteroatoms. The summed E-state index contributed by atoms with van der Waals surface area (Å²) in [4.78, 5) is 2.52. The predicted octanol–water partition coefficient (Wildman–Crippen LogP) is 5.08. The van der Waals surface area contributed by atoms with Gasteiger partial charge >= 0.3 is 0 Å². The number of anilines is 2. The molecule has 1 N–H and O–H groups in total. The van der Waals surface area contributed by atoms with E-state index in [2.05, 4.69) is 9.62 Å².